The van der Waals surface area contributed by atoms with Crippen molar-refractivity contribution in [2.45, 2.75) is 44.7 Å². The maximum absolute atomic E-state index is 11.2. The third-order valence-electron chi connectivity index (χ3n) is 5.04. The first-order valence-electron chi connectivity index (χ1n) is 9.10. The van der Waals surface area contributed by atoms with Gasteiger partial charge in [0.1, 0.15) is 5.82 Å². The Kier molecular flexibility index (Phi) is 4.56. The van der Waals surface area contributed by atoms with Crippen LogP contribution in [0.3, 0.4) is 0 Å². The minimum Gasteiger partial charge on any atom is -0.367 e. The normalized spacial score (nSPS) is 20.0. The third kappa shape index (κ3) is 3.69. The van der Waals surface area contributed by atoms with Crippen LogP contribution in [0, 0.1) is 0 Å². The monoisotopic (exact) mass is 349 g/mol. The number of rotatable bonds is 4. The van der Waals surface area contributed by atoms with Gasteiger partial charge in [-0.15, -0.1) is 0 Å². The fourth-order valence-electron chi connectivity index (χ4n) is 3.69. The number of benzene rings is 1. The number of fused-ring (bicyclic) bond motifs is 1. The summed E-state index contributed by atoms with van der Waals surface area (Å²) in [5.41, 5.74) is 2.22. The van der Waals surface area contributed by atoms with Crippen molar-refractivity contribution in [3.8, 4) is 11.1 Å². The summed E-state index contributed by atoms with van der Waals surface area (Å²) in [4.78, 5) is 15.7. The van der Waals surface area contributed by atoms with E-state index in [9.17, 15) is 4.79 Å². The van der Waals surface area contributed by atoms with E-state index < -0.39 is 0 Å². The lowest BCUT2D eigenvalue weighted by molar-refractivity contribution is -0.119. The van der Waals surface area contributed by atoms with E-state index in [0.29, 0.717) is 12.1 Å². The van der Waals surface area contributed by atoms with E-state index in [4.69, 9.17) is 0 Å². The minimum atomic E-state index is 0.0611. The number of carbonyl (C=O) groups excluding carboxylic acids is 1. The average molecular weight is 349 g/mol. The molecule has 6 nitrogen and oxygen atoms in total. The lowest BCUT2D eigenvalue weighted by Crippen LogP contribution is -2.39. The molecule has 3 aromatic rings. The molecule has 0 aliphatic heterocycles. The van der Waals surface area contributed by atoms with Crippen LogP contribution in [-0.2, 0) is 4.79 Å². The third-order valence-corrected chi connectivity index (χ3v) is 5.04. The highest BCUT2D eigenvalue weighted by atomic mass is 16.1. The molecule has 0 bridgehead atoms. The van der Waals surface area contributed by atoms with Gasteiger partial charge < -0.3 is 10.6 Å². The molecule has 1 aliphatic rings. The first kappa shape index (κ1) is 16.6. The Morgan fingerprint density at radius 2 is 1.85 bits per heavy atom. The van der Waals surface area contributed by atoms with E-state index in [-0.39, 0.29) is 5.91 Å². The highest BCUT2D eigenvalue weighted by Gasteiger charge is 2.21. The molecule has 1 saturated carbocycles. The molecule has 1 aliphatic carbocycles. The number of nitrogens with zero attached hydrogens (tertiary/aromatic N) is 2. The summed E-state index contributed by atoms with van der Waals surface area (Å²) >= 11 is 0. The van der Waals surface area contributed by atoms with Gasteiger partial charge in [-0.3, -0.25) is 9.89 Å². The standard InChI is InChI=1S/C20H23N5O/c1-13(26)24-18-4-6-19(7-5-18)25-20-9-16-8-14(17-11-22-23-12-17)2-3-15(16)10-21-20/h2-3,8-12,18-19H,4-7H2,1H3,(H,21,25)(H,22,23)(H,24,26). The molecule has 2 aromatic heterocycles. The largest absolute Gasteiger partial charge is 0.367 e. The van der Waals surface area contributed by atoms with E-state index in [2.05, 4.69) is 50.1 Å². The summed E-state index contributed by atoms with van der Waals surface area (Å²) in [6.07, 6.45) is 9.74. The summed E-state index contributed by atoms with van der Waals surface area (Å²) in [5.74, 6) is 0.968. The van der Waals surface area contributed by atoms with Crippen molar-refractivity contribution >= 4 is 22.5 Å². The first-order chi connectivity index (χ1) is 12.7. The highest BCUT2D eigenvalue weighted by molar-refractivity contribution is 5.88. The van der Waals surface area contributed by atoms with Crippen LogP contribution >= 0.6 is 0 Å². The SMILES string of the molecule is CC(=O)NC1CCC(Nc2cc3cc(-c4cn[nH]c4)ccc3cn2)CC1. The first-order valence-corrected chi connectivity index (χ1v) is 9.10. The van der Waals surface area contributed by atoms with Gasteiger partial charge in [0.15, 0.2) is 0 Å². The molecule has 1 aromatic carbocycles. The van der Waals surface area contributed by atoms with Gasteiger partial charge in [0, 0.05) is 42.4 Å². The number of H-pyrrole nitrogens is 1. The Morgan fingerprint density at radius 3 is 2.58 bits per heavy atom. The molecule has 3 N–H and O–H groups in total. The Morgan fingerprint density at radius 1 is 1.04 bits per heavy atom. The number of pyridine rings is 1. The van der Waals surface area contributed by atoms with Crippen LogP contribution in [0.5, 0.6) is 0 Å². The molecule has 0 unspecified atom stereocenters. The Hall–Kier alpha value is -2.89. The summed E-state index contributed by atoms with van der Waals surface area (Å²) in [5, 5.41) is 15.7. The van der Waals surface area contributed by atoms with Crippen LogP contribution in [0.4, 0.5) is 5.82 Å². The van der Waals surface area contributed by atoms with E-state index in [1.165, 1.54) is 0 Å². The predicted molar refractivity (Wildman–Crippen MR) is 103 cm³/mol. The zero-order valence-electron chi connectivity index (χ0n) is 14.8. The van der Waals surface area contributed by atoms with Crippen LogP contribution in [0.1, 0.15) is 32.6 Å². The zero-order valence-corrected chi connectivity index (χ0v) is 14.8. The molecule has 0 atom stereocenters. The topological polar surface area (TPSA) is 82.7 Å². The summed E-state index contributed by atoms with van der Waals surface area (Å²) < 4.78 is 0. The summed E-state index contributed by atoms with van der Waals surface area (Å²) in [6, 6.07) is 9.17. The average Bonchev–Trinajstić information content (AvgIpc) is 3.17. The molecular weight excluding hydrogens is 326 g/mol. The Labute approximate surface area is 152 Å². The zero-order chi connectivity index (χ0) is 17.9. The quantitative estimate of drug-likeness (QED) is 0.673. The maximum Gasteiger partial charge on any atom is 0.217 e. The molecule has 4 rings (SSSR count). The molecule has 1 amide bonds. The molecule has 134 valence electrons. The fraction of sp³-hybridized carbons (Fsp3) is 0.350. The lowest BCUT2D eigenvalue weighted by atomic mass is 9.91. The second kappa shape index (κ2) is 7.15. The van der Waals surface area contributed by atoms with Gasteiger partial charge >= 0.3 is 0 Å². The van der Waals surface area contributed by atoms with Gasteiger partial charge in [-0.05, 0) is 48.8 Å². The minimum absolute atomic E-state index is 0.0611. The van der Waals surface area contributed by atoms with E-state index in [1.807, 2.05) is 18.6 Å². The van der Waals surface area contributed by atoms with Gasteiger partial charge in [-0.25, -0.2) is 4.98 Å². The number of nitrogens with one attached hydrogen (secondary N) is 3. The van der Waals surface area contributed by atoms with Crippen molar-refractivity contribution in [2.75, 3.05) is 5.32 Å². The van der Waals surface area contributed by atoms with Crippen molar-refractivity contribution in [1.82, 2.24) is 20.5 Å². The molecule has 6 heteroatoms. The smallest absolute Gasteiger partial charge is 0.217 e. The van der Waals surface area contributed by atoms with E-state index in [0.717, 1.165) is 53.4 Å². The van der Waals surface area contributed by atoms with Crippen LogP contribution in [-0.4, -0.2) is 33.2 Å². The lowest BCUT2D eigenvalue weighted by Gasteiger charge is -2.29. The van der Waals surface area contributed by atoms with Crippen molar-refractivity contribution in [3.63, 3.8) is 0 Å². The molecule has 0 spiro atoms. The second-order valence-electron chi connectivity index (χ2n) is 7.01. The number of amides is 1. The highest BCUT2D eigenvalue weighted by Crippen LogP contribution is 2.26. The van der Waals surface area contributed by atoms with Crippen LogP contribution < -0.4 is 10.6 Å². The van der Waals surface area contributed by atoms with Gasteiger partial charge in [0.25, 0.3) is 0 Å². The Balaban J connectivity index is 1.46. The van der Waals surface area contributed by atoms with Crippen LogP contribution in [0.2, 0.25) is 0 Å². The Bertz CT molecular complexity index is 898. The van der Waals surface area contributed by atoms with Gasteiger partial charge in [-0.2, -0.15) is 5.10 Å². The molecule has 2 heterocycles. The van der Waals surface area contributed by atoms with Crippen LogP contribution in [0.15, 0.2) is 42.9 Å². The summed E-state index contributed by atoms with van der Waals surface area (Å²) in [6.45, 7) is 1.58. The van der Waals surface area contributed by atoms with E-state index >= 15 is 0 Å². The number of hydrogen-bond donors (Lipinski definition) is 3. The van der Waals surface area contributed by atoms with Crippen molar-refractivity contribution in [1.29, 1.82) is 0 Å². The molecule has 0 saturated heterocycles. The number of anilines is 1. The summed E-state index contributed by atoms with van der Waals surface area (Å²) in [7, 11) is 0. The number of hydrogen-bond acceptors (Lipinski definition) is 4. The van der Waals surface area contributed by atoms with Gasteiger partial charge in [0.05, 0.1) is 6.20 Å². The molecular formula is C20H23N5O. The van der Waals surface area contributed by atoms with Crippen molar-refractivity contribution in [3.05, 3.63) is 42.9 Å². The number of aromatic amines is 1. The molecule has 26 heavy (non-hydrogen) atoms. The molecule has 0 radical (unpaired) electrons. The number of carbonyl (C=O) groups is 1. The number of aromatic nitrogens is 3. The van der Waals surface area contributed by atoms with Crippen molar-refractivity contribution in [2.24, 2.45) is 0 Å². The van der Waals surface area contributed by atoms with Crippen molar-refractivity contribution < 1.29 is 4.79 Å². The van der Waals surface area contributed by atoms with E-state index in [1.54, 1.807) is 6.92 Å². The fourth-order valence-corrected chi connectivity index (χ4v) is 3.69. The second-order valence-corrected chi connectivity index (χ2v) is 7.01. The van der Waals surface area contributed by atoms with Gasteiger partial charge in [-0.1, -0.05) is 12.1 Å². The molecule has 1 fully saturated rings. The maximum atomic E-state index is 11.2. The van der Waals surface area contributed by atoms with Gasteiger partial charge in [0.2, 0.25) is 5.91 Å². The van der Waals surface area contributed by atoms with Crippen LogP contribution in [0.25, 0.3) is 21.9 Å². The predicted octanol–water partition coefficient (Wildman–Crippen LogP) is 3.48.